The normalized spacial score (nSPS) is 11.5. The first-order valence-corrected chi connectivity index (χ1v) is 7.18. The molecule has 0 aliphatic heterocycles. The van der Waals surface area contributed by atoms with Gasteiger partial charge in [-0.25, -0.2) is 0 Å². The van der Waals surface area contributed by atoms with Gasteiger partial charge in [0.25, 0.3) is 0 Å². The van der Waals surface area contributed by atoms with Gasteiger partial charge >= 0.3 is 0 Å². The Hall–Kier alpha value is -1.76. The molecule has 2 heteroatoms. The summed E-state index contributed by atoms with van der Waals surface area (Å²) in [5, 5.41) is 8.69. The Morgan fingerprint density at radius 2 is 0.850 bits per heavy atom. The van der Waals surface area contributed by atoms with Gasteiger partial charge in [-0.3, -0.25) is 0 Å². The minimum absolute atomic E-state index is 0.760. The second kappa shape index (κ2) is 4.37. The molecule has 0 saturated carbocycles. The zero-order valence-electron chi connectivity index (χ0n) is 10.5. The third kappa shape index (κ3) is 1.76. The van der Waals surface area contributed by atoms with Crippen LogP contribution in [0, 0.1) is 0 Å². The van der Waals surface area contributed by atoms with Gasteiger partial charge in [0.1, 0.15) is 0 Å². The van der Waals surface area contributed by atoms with Gasteiger partial charge in [0, 0.05) is 10.0 Å². The summed E-state index contributed by atoms with van der Waals surface area (Å²) in [6, 6.07) is 20.6. The van der Waals surface area contributed by atoms with Crippen molar-refractivity contribution in [2.75, 3.05) is 0 Å². The molecule has 0 atom stereocenters. The van der Waals surface area contributed by atoms with Gasteiger partial charge in [-0.2, -0.15) is 0 Å². The molecule has 0 radical (unpaired) electrons. The van der Waals surface area contributed by atoms with Gasteiger partial charge in [0.15, 0.2) is 0 Å². The fourth-order valence-corrected chi connectivity index (χ4v) is 3.15. The maximum atomic E-state index is 6.14. The van der Waals surface area contributed by atoms with E-state index in [0.717, 1.165) is 10.0 Å². The molecule has 0 aliphatic carbocycles. The second-order valence-corrected chi connectivity index (χ2v) is 5.83. The van der Waals surface area contributed by atoms with E-state index in [0.29, 0.717) is 0 Å². The highest BCUT2D eigenvalue weighted by atomic mass is 35.5. The highest BCUT2D eigenvalue weighted by Gasteiger charge is 2.05. The standard InChI is InChI=1S/C18H10Cl2/c19-13-5-1-11-3-7-16-15(17(11)9-13)8-4-12-2-6-14(20)10-18(12)16/h1-10H. The molecule has 0 bridgehead atoms. The number of halogens is 2. The van der Waals surface area contributed by atoms with Gasteiger partial charge in [-0.05, 0) is 56.6 Å². The molecule has 0 unspecified atom stereocenters. The highest BCUT2D eigenvalue weighted by molar-refractivity contribution is 6.33. The number of fused-ring (bicyclic) bond motifs is 5. The lowest BCUT2D eigenvalue weighted by molar-refractivity contribution is 1.77. The van der Waals surface area contributed by atoms with E-state index < -0.39 is 0 Å². The lowest BCUT2D eigenvalue weighted by Gasteiger charge is -2.08. The van der Waals surface area contributed by atoms with Crippen molar-refractivity contribution in [1.29, 1.82) is 0 Å². The van der Waals surface area contributed by atoms with Crippen LogP contribution in [0.5, 0.6) is 0 Å². The zero-order chi connectivity index (χ0) is 13.7. The first-order chi connectivity index (χ1) is 9.72. The van der Waals surface area contributed by atoms with E-state index in [1.165, 1.54) is 32.3 Å². The van der Waals surface area contributed by atoms with Crippen molar-refractivity contribution in [2.45, 2.75) is 0 Å². The molecule has 4 rings (SSSR count). The van der Waals surface area contributed by atoms with Crippen LogP contribution in [0.15, 0.2) is 60.7 Å². The molecule has 0 aliphatic rings. The number of rotatable bonds is 0. The average Bonchev–Trinajstić information content (AvgIpc) is 2.46. The fraction of sp³-hybridized carbons (Fsp3) is 0. The summed E-state index contributed by atoms with van der Waals surface area (Å²) in [7, 11) is 0. The molecule has 4 aromatic carbocycles. The van der Waals surface area contributed by atoms with Crippen molar-refractivity contribution in [1.82, 2.24) is 0 Å². The topological polar surface area (TPSA) is 0 Å². The summed E-state index contributed by atoms with van der Waals surface area (Å²) >= 11 is 12.3. The molecule has 0 N–H and O–H groups in total. The van der Waals surface area contributed by atoms with Crippen molar-refractivity contribution in [3.63, 3.8) is 0 Å². The maximum absolute atomic E-state index is 6.14. The van der Waals surface area contributed by atoms with Crippen LogP contribution in [0.4, 0.5) is 0 Å². The van der Waals surface area contributed by atoms with Crippen molar-refractivity contribution in [3.8, 4) is 0 Å². The molecule has 0 fully saturated rings. The molecule has 0 nitrogen and oxygen atoms in total. The predicted molar refractivity (Wildman–Crippen MR) is 89.0 cm³/mol. The smallest absolute Gasteiger partial charge is 0.0412 e. The Morgan fingerprint density at radius 3 is 1.30 bits per heavy atom. The van der Waals surface area contributed by atoms with Crippen LogP contribution in [0.2, 0.25) is 10.0 Å². The molecule has 96 valence electrons. The number of hydrogen-bond acceptors (Lipinski definition) is 0. The van der Waals surface area contributed by atoms with Crippen LogP contribution in [0.3, 0.4) is 0 Å². The third-order valence-electron chi connectivity index (χ3n) is 3.76. The van der Waals surface area contributed by atoms with Crippen LogP contribution in [0.1, 0.15) is 0 Å². The predicted octanol–water partition coefficient (Wildman–Crippen LogP) is 6.45. The monoisotopic (exact) mass is 296 g/mol. The van der Waals surface area contributed by atoms with Gasteiger partial charge in [0.2, 0.25) is 0 Å². The molecule has 4 aromatic rings. The van der Waals surface area contributed by atoms with E-state index in [2.05, 4.69) is 36.4 Å². The summed E-state index contributed by atoms with van der Waals surface area (Å²) in [6.45, 7) is 0. The average molecular weight is 297 g/mol. The van der Waals surface area contributed by atoms with Crippen LogP contribution in [-0.2, 0) is 0 Å². The highest BCUT2D eigenvalue weighted by Crippen LogP contribution is 2.33. The lowest BCUT2D eigenvalue weighted by atomic mass is 9.97. The van der Waals surface area contributed by atoms with Gasteiger partial charge < -0.3 is 0 Å². The summed E-state index contributed by atoms with van der Waals surface area (Å²) < 4.78 is 0. The van der Waals surface area contributed by atoms with Crippen LogP contribution < -0.4 is 0 Å². The van der Waals surface area contributed by atoms with Gasteiger partial charge in [0.05, 0.1) is 0 Å². The van der Waals surface area contributed by atoms with Crippen molar-refractivity contribution in [3.05, 3.63) is 70.7 Å². The molecule has 0 saturated heterocycles. The van der Waals surface area contributed by atoms with Gasteiger partial charge in [-0.15, -0.1) is 0 Å². The summed E-state index contributed by atoms with van der Waals surface area (Å²) in [5.74, 6) is 0. The SMILES string of the molecule is Clc1ccc2ccc3c4cc(Cl)ccc4ccc3c2c1. The van der Waals surface area contributed by atoms with E-state index in [-0.39, 0.29) is 0 Å². The van der Waals surface area contributed by atoms with E-state index in [1.54, 1.807) is 0 Å². The Morgan fingerprint density at radius 1 is 0.450 bits per heavy atom. The molecule has 0 spiro atoms. The molecule has 20 heavy (non-hydrogen) atoms. The fourth-order valence-electron chi connectivity index (χ4n) is 2.81. The number of benzene rings is 4. The summed E-state index contributed by atoms with van der Waals surface area (Å²) in [4.78, 5) is 0. The first kappa shape index (κ1) is 12.0. The Kier molecular flexibility index (Phi) is 2.63. The molecular formula is C18H10Cl2. The minimum Gasteiger partial charge on any atom is -0.0843 e. The van der Waals surface area contributed by atoms with E-state index in [4.69, 9.17) is 23.2 Å². The van der Waals surface area contributed by atoms with Crippen LogP contribution in [0.25, 0.3) is 32.3 Å². The van der Waals surface area contributed by atoms with E-state index >= 15 is 0 Å². The van der Waals surface area contributed by atoms with Crippen molar-refractivity contribution >= 4 is 55.5 Å². The number of hydrogen-bond donors (Lipinski definition) is 0. The summed E-state index contributed by atoms with van der Waals surface area (Å²) in [6.07, 6.45) is 0. The van der Waals surface area contributed by atoms with Crippen LogP contribution >= 0.6 is 23.2 Å². The Labute approximate surface area is 126 Å². The first-order valence-electron chi connectivity index (χ1n) is 6.43. The molecular weight excluding hydrogens is 287 g/mol. The molecule has 0 aromatic heterocycles. The Balaban J connectivity index is 2.26. The summed E-state index contributed by atoms with van der Waals surface area (Å²) in [5.41, 5.74) is 0. The molecule has 0 amide bonds. The van der Waals surface area contributed by atoms with E-state index in [9.17, 15) is 0 Å². The van der Waals surface area contributed by atoms with Crippen LogP contribution in [-0.4, -0.2) is 0 Å². The Bertz CT molecular complexity index is 890. The third-order valence-corrected chi connectivity index (χ3v) is 4.23. The minimum atomic E-state index is 0.760. The largest absolute Gasteiger partial charge is 0.0843 e. The quantitative estimate of drug-likeness (QED) is 0.327. The van der Waals surface area contributed by atoms with Crippen molar-refractivity contribution < 1.29 is 0 Å². The second-order valence-electron chi connectivity index (χ2n) is 4.96. The zero-order valence-corrected chi connectivity index (χ0v) is 12.0. The molecule has 0 heterocycles. The van der Waals surface area contributed by atoms with Gasteiger partial charge in [-0.1, -0.05) is 59.6 Å². The lowest BCUT2D eigenvalue weighted by Crippen LogP contribution is -1.81. The maximum Gasteiger partial charge on any atom is 0.0412 e. The van der Waals surface area contributed by atoms with E-state index in [1.807, 2.05) is 24.3 Å². The van der Waals surface area contributed by atoms with Crippen molar-refractivity contribution in [2.24, 2.45) is 0 Å².